The minimum atomic E-state index is -3.69. The molecular formula is C19H27ClN2O3S2. The normalized spacial score (nSPS) is 33.4. The number of amides is 1. The third kappa shape index (κ3) is 3.68. The molecule has 1 atom stereocenters. The van der Waals surface area contributed by atoms with Crippen molar-refractivity contribution >= 4 is 38.9 Å². The van der Waals surface area contributed by atoms with Gasteiger partial charge in [0.05, 0.1) is 10.9 Å². The van der Waals surface area contributed by atoms with Gasteiger partial charge in [0.25, 0.3) is 10.0 Å². The van der Waals surface area contributed by atoms with Crippen LogP contribution in [0.25, 0.3) is 0 Å². The van der Waals surface area contributed by atoms with Crippen LogP contribution in [-0.4, -0.2) is 38.3 Å². The van der Waals surface area contributed by atoms with E-state index in [-0.39, 0.29) is 28.1 Å². The molecule has 8 heteroatoms. The molecule has 1 aromatic rings. The zero-order valence-electron chi connectivity index (χ0n) is 15.8. The Kier molecular flexibility index (Phi) is 5.11. The van der Waals surface area contributed by atoms with Gasteiger partial charge in [0.15, 0.2) is 0 Å². The van der Waals surface area contributed by atoms with Gasteiger partial charge in [-0.2, -0.15) is 4.31 Å². The second-order valence-electron chi connectivity index (χ2n) is 8.89. The number of sulfonamides is 1. The number of hydrogen-bond donors (Lipinski definition) is 1. The number of carbonyl (C=O) groups is 1. The first-order chi connectivity index (χ1) is 12.7. The highest BCUT2D eigenvalue weighted by Crippen LogP contribution is 2.61. The summed E-state index contributed by atoms with van der Waals surface area (Å²) in [5.41, 5.74) is 0.211. The topological polar surface area (TPSA) is 66.5 Å². The molecule has 0 saturated heterocycles. The van der Waals surface area contributed by atoms with Crippen molar-refractivity contribution in [1.29, 1.82) is 0 Å². The van der Waals surface area contributed by atoms with Gasteiger partial charge in [0, 0.05) is 13.1 Å². The van der Waals surface area contributed by atoms with Gasteiger partial charge in [-0.3, -0.25) is 4.79 Å². The summed E-state index contributed by atoms with van der Waals surface area (Å²) in [7, 11) is -2.25. The van der Waals surface area contributed by atoms with E-state index in [9.17, 15) is 13.2 Å². The minimum Gasteiger partial charge on any atom is -0.352 e. The Labute approximate surface area is 170 Å². The fraction of sp³-hybridized carbons (Fsp3) is 0.737. The van der Waals surface area contributed by atoms with Crippen molar-refractivity contribution in [2.75, 3.05) is 13.6 Å². The smallest absolute Gasteiger partial charge is 0.252 e. The molecule has 1 N–H and O–H groups in total. The molecule has 0 radical (unpaired) electrons. The maximum Gasteiger partial charge on any atom is 0.252 e. The van der Waals surface area contributed by atoms with E-state index in [4.69, 9.17) is 11.6 Å². The van der Waals surface area contributed by atoms with Gasteiger partial charge in [-0.25, -0.2) is 8.42 Å². The van der Waals surface area contributed by atoms with Gasteiger partial charge < -0.3 is 5.32 Å². The van der Waals surface area contributed by atoms with E-state index < -0.39 is 10.0 Å². The third-order valence-electron chi connectivity index (χ3n) is 6.96. The molecule has 4 aliphatic carbocycles. The van der Waals surface area contributed by atoms with E-state index in [1.807, 2.05) is 0 Å². The number of nitrogens with one attached hydrogen (secondary N) is 1. The van der Waals surface area contributed by atoms with Crippen molar-refractivity contribution in [3.63, 3.8) is 0 Å². The number of nitrogens with zero attached hydrogens (tertiary/aromatic N) is 1. The van der Waals surface area contributed by atoms with Crippen LogP contribution >= 0.6 is 22.9 Å². The number of carbonyl (C=O) groups excluding carboxylic acids is 1. The molecular weight excluding hydrogens is 404 g/mol. The van der Waals surface area contributed by atoms with Crippen LogP contribution in [0.1, 0.15) is 45.4 Å². The van der Waals surface area contributed by atoms with E-state index in [0.29, 0.717) is 4.34 Å². The summed E-state index contributed by atoms with van der Waals surface area (Å²) in [5.74, 6) is 2.23. The van der Waals surface area contributed by atoms with Gasteiger partial charge in [-0.15, -0.1) is 11.3 Å². The summed E-state index contributed by atoms with van der Waals surface area (Å²) in [6.45, 7) is 1.94. The van der Waals surface area contributed by atoms with E-state index >= 15 is 0 Å². The van der Waals surface area contributed by atoms with Crippen molar-refractivity contribution in [2.24, 2.45) is 23.2 Å². The Hall–Kier alpha value is -0.630. The fourth-order valence-electron chi connectivity index (χ4n) is 6.03. The molecule has 1 aromatic heterocycles. The molecule has 1 amide bonds. The number of hydrogen-bond acceptors (Lipinski definition) is 4. The predicted octanol–water partition coefficient (Wildman–Crippen LogP) is 3.74. The predicted molar refractivity (Wildman–Crippen MR) is 107 cm³/mol. The Morgan fingerprint density at radius 2 is 1.81 bits per heavy atom. The number of thiophene rings is 1. The summed E-state index contributed by atoms with van der Waals surface area (Å²) < 4.78 is 26.9. The van der Waals surface area contributed by atoms with Crippen molar-refractivity contribution in [2.45, 2.75) is 55.7 Å². The van der Waals surface area contributed by atoms with E-state index in [1.165, 1.54) is 51.6 Å². The van der Waals surface area contributed by atoms with Crippen LogP contribution in [0, 0.1) is 23.2 Å². The number of halogens is 1. The van der Waals surface area contributed by atoms with Gasteiger partial charge in [0.1, 0.15) is 4.21 Å². The van der Waals surface area contributed by atoms with Crippen LogP contribution in [-0.2, 0) is 14.8 Å². The molecule has 4 fully saturated rings. The van der Waals surface area contributed by atoms with Crippen molar-refractivity contribution < 1.29 is 13.2 Å². The molecule has 1 unspecified atom stereocenters. The molecule has 1 heterocycles. The number of likely N-dealkylation sites (N-methyl/N-ethyl adjacent to an activating group) is 1. The molecule has 0 aromatic carbocycles. The first-order valence-corrected chi connectivity index (χ1v) is 12.3. The monoisotopic (exact) mass is 430 g/mol. The van der Waals surface area contributed by atoms with Crippen molar-refractivity contribution in [3.05, 3.63) is 16.5 Å². The highest BCUT2D eigenvalue weighted by molar-refractivity contribution is 7.91. The fourth-order valence-corrected chi connectivity index (χ4v) is 8.85. The summed E-state index contributed by atoms with van der Waals surface area (Å²) in [6, 6.07) is 3.13. The SMILES string of the molecule is CC(NC(=O)CN(C)S(=O)(=O)c1ccc(Cl)s1)C12CC3CC(CC(C3)C1)C2. The lowest BCUT2D eigenvalue weighted by Crippen LogP contribution is -2.56. The summed E-state index contributed by atoms with van der Waals surface area (Å²) in [4.78, 5) is 12.6. The van der Waals surface area contributed by atoms with Crippen LogP contribution in [0.5, 0.6) is 0 Å². The van der Waals surface area contributed by atoms with Gasteiger partial charge in [0.2, 0.25) is 5.91 Å². The first-order valence-electron chi connectivity index (χ1n) is 9.69. The molecule has 0 spiro atoms. The quantitative estimate of drug-likeness (QED) is 0.747. The lowest BCUT2D eigenvalue weighted by Gasteiger charge is -2.59. The number of rotatable bonds is 6. The zero-order valence-corrected chi connectivity index (χ0v) is 18.2. The lowest BCUT2D eigenvalue weighted by molar-refractivity contribution is -0.125. The summed E-state index contributed by atoms with van der Waals surface area (Å²) in [5, 5.41) is 3.13. The Bertz CT molecular complexity index is 800. The van der Waals surface area contributed by atoms with Crippen LogP contribution in [0.2, 0.25) is 4.34 Å². The van der Waals surface area contributed by atoms with Gasteiger partial charge in [-0.05, 0) is 80.8 Å². The lowest BCUT2D eigenvalue weighted by atomic mass is 9.48. The second kappa shape index (κ2) is 7.01. The summed E-state index contributed by atoms with van der Waals surface area (Å²) >= 11 is 6.86. The molecule has 27 heavy (non-hydrogen) atoms. The maximum atomic E-state index is 12.6. The largest absolute Gasteiger partial charge is 0.352 e. The Morgan fingerprint density at radius 1 is 1.26 bits per heavy atom. The highest BCUT2D eigenvalue weighted by Gasteiger charge is 2.53. The van der Waals surface area contributed by atoms with Crippen molar-refractivity contribution in [3.8, 4) is 0 Å². The Balaban J connectivity index is 1.39. The standard InChI is InChI=1S/C19H27ClN2O3S2/c1-12(19-8-13-5-14(9-19)7-15(6-13)10-19)21-17(23)11-22(2)27(24,25)18-4-3-16(20)26-18/h3-4,12-15H,5-11H2,1-2H3,(H,21,23). The molecule has 5 rings (SSSR count). The molecule has 4 aliphatic rings. The van der Waals surface area contributed by atoms with Crippen molar-refractivity contribution in [1.82, 2.24) is 9.62 Å². The molecule has 150 valence electrons. The zero-order chi connectivity index (χ0) is 19.4. The van der Waals surface area contributed by atoms with Gasteiger partial charge >= 0.3 is 0 Å². The Morgan fingerprint density at radius 3 is 2.30 bits per heavy atom. The molecule has 0 aliphatic heterocycles. The minimum absolute atomic E-state index is 0.0886. The van der Waals surface area contributed by atoms with Crippen LogP contribution in [0.4, 0.5) is 0 Å². The molecule has 4 saturated carbocycles. The average Bonchev–Trinajstić information content (AvgIpc) is 3.00. The van der Waals surface area contributed by atoms with Gasteiger partial charge in [-0.1, -0.05) is 11.6 Å². The molecule has 5 nitrogen and oxygen atoms in total. The first kappa shape index (κ1) is 19.7. The highest BCUT2D eigenvalue weighted by atomic mass is 35.5. The maximum absolute atomic E-state index is 12.6. The summed E-state index contributed by atoms with van der Waals surface area (Å²) in [6.07, 6.45) is 7.73. The average molecular weight is 431 g/mol. The van der Waals surface area contributed by atoms with E-state index in [2.05, 4.69) is 12.2 Å². The molecule has 4 bridgehead atoms. The second-order valence-corrected chi connectivity index (χ2v) is 12.9. The van der Waals surface area contributed by atoms with Crippen LogP contribution in [0.3, 0.4) is 0 Å². The van der Waals surface area contributed by atoms with Crippen LogP contribution < -0.4 is 5.32 Å². The van der Waals surface area contributed by atoms with E-state index in [0.717, 1.165) is 33.4 Å². The van der Waals surface area contributed by atoms with E-state index in [1.54, 1.807) is 6.07 Å². The van der Waals surface area contributed by atoms with Crippen LogP contribution in [0.15, 0.2) is 16.3 Å². The third-order valence-corrected chi connectivity index (χ3v) is 10.5.